The van der Waals surface area contributed by atoms with E-state index in [1.54, 1.807) is 0 Å². The maximum atomic E-state index is 5.93. The van der Waals surface area contributed by atoms with Crippen LogP contribution in [0.5, 0.6) is 0 Å². The number of hydrogen-bond acceptors (Lipinski definition) is 2. The second kappa shape index (κ2) is 4.56. The highest BCUT2D eigenvalue weighted by atomic mass is 16.7. The van der Waals surface area contributed by atoms with Gasteiger partial charge in [-0.05, 0) is 32.8 Å². The fourth-order valence-electron chi connectivity index (χ4n) is 2.49. The molecule has 2 rings (SSSR count). The molecule has 16 heavy (non-hydrogen) atoms. The highest BCUT2D eigenvalue weighted by Gasteiger charge is 2.35. The van der Waals surface area contributed by atoms with Crippen molar-refractivity contribution in [3.63, 3.8) is 0 Å². The highest BCUT2D eigenvalue weighted by Crippen LogP contribution is 2.29. The van der Waals surface area contributed by atoms with Crippen LogP contribution in [-0.4, -0.2) is 18.0 Å². The third-order valence-corrected chi connectivity index (χ3v) is 2.93. The molecular weight excluding hydrogens is 200 g/mol. The third kappa shape index (κ3) is 2.83. The van der Waals surface area contributed by atoms with Crippen LogP contribution >= 0.6 is 0 Å². The summed E-state index contributed by atoms with van der Waals surface area (Å²) in [4.78, 5) is 0. The molecule has 2 nitrogen and oxygen atoms in total. The number of rotatable bonds is 2. The summed E-state index contributed by atoms with van der Waals surface area (Å²) in [6.07, 6.45) is 2.34. The van der Waals surface area contributed by atoms with Gasteiger partial charge in [0, 0.05) is 6.42 Å². The van der Waals surface area contributed by atoms with E-state index in [0.29, 0.717) is 0 Å². The van der Waals surface area contributed by atoms with Crippen LogP contribution in [-0.2, 0) is 15.9 Å². The summed E-state index contributed by atoms with van der Waals surface area (Å²) in [5.74, 6) is -0.474. The maximum absolute atomic E-state index is 5.93. The van der Waals surface area contributed by atoms with Crippen molar-refractivity contribution in [1.29, 1.82) is 0 Å². The Balaban J connectivity index is 2.07. The molecule has 1 heterocycles. The Bertz CT molecular complexity index is 324. The van der Waals surface area contributed by atoms with Crippen LogP contribution in [0.15, 0.2) is 30.3 Å². The molecule has 1 fully saturated rings. The molecule has 1 saturated heterocycles. The van der Waals surface area contributed by atoms with Crippen LogP contribution in [0.4, 0.5) is 0 Å². The first-order valence-corrected chi connectivity index (χ1v) is 5.97. The fraction of sp³-hybridized carbons (Fsp3) is 0.571. The highest BCUT2D eigenvalue weighted by molar-refractivity contribution is 5.16. The smallest absolute Gasteiger partial charge is 0.170 e. The van der Waals surface area contributed by atoms with E-state index in [1.165, 1.54) is 5.56 Å². The Hall–Kier alpha value is -0.860. The predicted octanol–water partition coefficient (Wildman–Crippen LogP) is 3.16. The fourth-order valence-corrected chi connectivity index (χ4v) is 2.49. The molecule has 0 amide bonds. The zero-order valence-corrected chi connectivity index (χ0v) is 10.3. The van der Waals surface area contributed by atoms with E-state index in [2.05, 4.69) is 26.0 Å². The molecule has 2 heteroatoms. The lowest BCUT2D eigenvalue weighted by atomic mass is 10.0. The van der Waals surface area contributed by atoms with Crippen LogP contribution in [0.2, 0.25) is 0 Å². The van der Waals surface area contributed by atoms with Crippen molar-refractivity contribution in [1.82, 2.24) is 0 Å². The average Bonchev–Trinajstić information content (AvgIpc) is 2.15. The summed E-state index contributed by atoms with van der Waals surface area (Å²) in [5.41, 5.74) is 1.26. The van der Waals surface area contributed by atoms with E-state index < -0.39 is 5.79 Å². The Kier molecular flexibility index (Phi) is 3.31. The van der Waals surface area contributed by atoms with Gasteiger partial charge in [0.25, 0.3) is 0 Å². The van der Waals surface area contributed by atoms with E-state index in [4.69, 9.17) is 9.47 Å². The summed E-state index contributed by atoms with van der Waals surface area (Å²) in [5, 5.41) is 0. The number of ether oxygens (including phenoxy) is 2. The minimum absolute atomic E-state index is 0.275. The molecule has 1 aliphatic heterocycles. The molecule has 0 spiro atoms. The Labute approximate surface area is 97.6 Å². The van der Waals surface area contributed by atoms with E-state index in [1.807, 2.05) is 25.1 Å². The van der Waals surface area contributed by atoms with Crippen molar-refractivity contribution in [2.75, 3.05) is 0 Å². The average molecular weight is 220 g/mol. The van der Waals surface area contributed by atoms with Gasteiger partial charge >= 0.3 is 0 Å². The SMILES string of the molecule is C[C@@H]1C[C@H](C)OC(C)(Cc2ccccc2)O1. The molecule has 1 aromatic rings. The summed E-state index contributed by atoms with van der Waals surface area (Å²) in [6, 6.07) is 10.4. The molecule has 88 valence electrons. The van der Waals surface area contributed by atoms with E-state index in [0.717, 1.165) is 12.8 Å². The Morgan fingerprint density at radius 2 is 1.69 bits per heavy atom. The third-order valence-electron chi connectivity index (χ3n) is 2.93. The second-order valence-corrected chi connectivity index (χ2v) is 4.89. The topological polar surface area (TPSA) is 18.5 Å². The second-order valence-electron chi connectivity index (χ2n) is 4.89. The molecule has 0 bridgehead atoms. The molecule has 0 aliphatic carbocycles. The van der Waals surface area contributed by atoms with Gasteiger partial charge in [-0.15, -0.1) is 0 Å². The van der Waals surface area contributed by atoms with Gasteiger partial charge in [0.15, 0.2) is 5.79 Å². The summed E-state index contributed by atoms with van der Waals surface area (Å²) in [7, 11) is 0. The standard InChI is InChI=1S/C14H20O2/c1-11-9-12(2)16-14(3,15-11)10-13-7-5-4-6-8-13/h4-8,11-12H,9-10H2,1-3H3/t11-,12+,14?. The van der Waals surface area contributed by atoms with Crippen LogP contribution in [0, 0.1) is 0 Å². The summed E-state index contributed by atoms with van der Waals surface area (Å²) < 4.78 is 11.9. The maximum Gasteiger partial charge on any atom is 0.170 e. The molecule has 0 saturated carbocycles. The first kappa shape index (κ1) is 11.6. The molecule has 1 unspecified atom stereocenters. The van der Waals surface area contributed by atoms with Gasteiger partial charge in [-0.2, -0.15) is 0 Å². The van der Waals surface area contributed by atoms with E-state index in [-0.39, 0.29) is 12.2 Å². The van der Waals surface area contributed by atoms with Gasteiger partial charge in [0.1, 0.15) is 0 Å². The first-order valence-electron chi connectivity index (χ1n) is 5.97. The molecular formula is C14H20O2. The van der Waals surface area contributed by atoms with Crippen molar-refractivity contribution in [2.24, 2.45) is 0 Å². The van der Waals surface area contributed by atoms with Gasteiger partial charge < -0.3 is 9.47 Å². The van der Waals surface area contributed by atoms with E-state index in [9.17, 15) is 0 Å². The van der Waals surface area contributed by atoms with Crippen LogP contribution in [0.25, 0.3) is 0 Å². The molecule has 0 N–H and O–H groups in total. The predicted molar refractivity (Wildman–Crippen MR) is 64.3 cm³/mol. The van der Waals surface area contributed by atoms with Gasteiger partial charge in [0.2, 0.25) is 0 Å². The minimum Gasteiger partial charge on any atom is -0.347 e. The van der Waals surface area contributed by atoms with Crippen LogP contribution in [0.3, 0.4) is 0 Å². The van der Waals surface area contributed by atoms with Crippen LogP contribution in [0.1, 0.15) is 32.8 Å². The van der Waals surface area contributed by atoms with Gasteiger partial charge in [-0.25, -0.2) is 0 Å². The zero-order chi connectivity index (χ0) is 11.6. The zero-order valence-electron chi connectivity index (χ0n) is 10.3. The number of hydrogen-bond donors (Lipinski definition) is 0. The number of benzene rings is 1. The van der Waals surface area contributed by atoms with Gasteiger partial charge in [-0.3, -0.25) is 0 Å². The Morgan fingerprint density at radius 3 is 2.25 bits per heavy atom. The Morgan fingerprint density at radius 1 is 1.12 bits per heavy atom. The van der Waals surface area contributed by atoms with Gasteiger partial charge in [0.05, 0.1) is 12.2 Å². The normalized spacial score (nSPS) is 34.9. The van der Waals surface area contributed by atoms with Crippen molar-refractivity contribution in [3.05, 3.63) is 35.9 Å². The van der Waals surface area contributed by atoms with Crippen molar-refractivity contribution in [3.8, 4) is 0 Å². The van der Waals surface area contributed by atoms with Crippen molar-refractivity contribution >= 4 is 0 Å². The van der Waals surface area contributed by atoms with Crippen molar-refractivity contribution < 1.29 is 9.47 Å². The molecule has 1 aliphatic rings. The van der Waals surface area contributed by atoms with E-state index >= 15 is 0 Å². The summed E-state index contributed by atoms with van der Waals surface area (Å²) in [6.45, 7) is 6.26. The minimum atomic E-state index is -0.474. The first-order chi connectivity index (χ1) is 7.57. The summed E-state index contributed by atoms with van der Waals surface area (Å²) >= 11 is 0. The van der Waals surface area contributed by atoms with Crippen molar-refractivity contribution in [2.45, 2.75) is 51.6 Å². The lowest BCUT2D eigenvalue weighted by Crippen LogP contribution is -2.46. The molecule has 1 aromatic carbocycles. The monoisotopic (exact) mass is 220 g/mol. The molecule has 3 atom stereocenters. The molecule has 0 radical (unpaired) electrons. The largest absolute Gasteiger partial charge is 0.347 e. The quantitative estimate of drug-likeness (QED) is 0.762. The lowest BCUT2D eigenvalue weighted by molar-refractivity contribution is -0.301. The molecule has 0 aromatic heterocycles. The van der Waals surface area contributed by atoms with Crippen LogP contribution < -0.4 is 0 Å². The van der Waals surface area contributed by atoms with Gasteiger partial charge in [-0.1, -0.05) is 30.3 Å². The lowest BCUT2D eigenvalue weighted by Gasteiger charge is -2.41.